The first-order valence-electron chi connectivity index (χ1n) is 7.40. The maximum Gasteiger partial charge on any atom is 0.339 e. The zero-order chi connectivity index (χ0) is 16.9. The van der Waals surface area contributed by atoms with Crippen LogP contribution in [0.1, 0.15) is 15.9 Å². The molecule has 3 aromatic carbocycles. The summed E-state index contributed by atoms with van der Waals surface area (Å²) < 4.78 is 6.21. The minimum atomic E-state index is -0.367. The van der Waals surface area contributed by atoms with Gasteiger partial charge in [0.2, 0.25) is 0 Å². The third-order valence-electron chi connectivity index (χ3n) is 3.58. The van der Waals surface area contributed by atoms with E-state index in [9.17, 15) is 4.79 Å². The summed E-state index contributed by atoms with van der Waals surface area (Å²) >= 11 is 8.04. The van der Waals surface area contributed by atoms with E-state index in [2.05, 4.69) is 34.7 Å². The fraction of sp³-hybridized carbons (Fsp3) is 0.0500. The summed E-state index contributed by atoms with van der Waals surface area (Å²) in [5.74, 6) is -0.367. The molecular weight excluding hydrogens is 435 g/mol. The monoisotopic (exact) mass is 448 g/mol. The molecule has 3 aromatic rings. The SMILES string of the molecule is O=C(OCc1ccc(-c2ccccc2)cc1)c1cc(Cl)ccc1I. The summed E-state index contributed by atoms with van der Waals surface area (Å²) in [7, 11) is 0. The number of carbonyl (C=O) groups excluding carboxylic acids is 1. The molecule has 0 aliphatic rings. The van der Waals surface area contributed by atoms with Gasteiger partial charge < -0.3 is 4.74 Å². The first kappa shape index (κ1) is 17.0. The Morgan fingerprint density at radius 3 is 2.29 bits per heavy atom. The van der Waals surface area contributed by atoms with Gasteiger partial charge in [-0.2, -0.15) is 0 Å². The molecule has 0 N–H and O–H groups in total. The molecule has 0 fully saturated rings. The molecule has 0 aliphatic carbocycles. The largest absolute Gasteiger partial charge is 0.457 e. The molecule has 120 valence electrons. The molecule has 0 saturated heterocycles. The van der Waals surface area contributed by atoms with Crippen molar-refractivity contribution in [3.8, 4) is 11.1 Å². The molecule has 3 rings (SSSR count). The molecular formula is C20H14ClIO2. The van der Waals surface area contributed by atoms with Crippen molar-refractivity contribution in [2.45, 2.75) is 6.61 Å². The number of hydrogen-bond donors (Lipinski definition) is 0. The number of esters is 1. The third kappa shape index (κ3) is 4.16. The van der Waals surface area contributed by atoms with Crippen LogP contribution in [0.5, 0.6) is 0 Å². The highest BCUT2D eigenvalue weighted by molar-refractivity contribution is 14.1. The van der Waals surface area contributed by atoms with Gasteiger partial charge in [0.1, 0.15) is 6.61 Å². The van der Waals surface area contributed by atoms with E-state index in [0.717, 1.165) is 20.3 Å². The molecule has 0 heterocycles. The number of carbonyl (C=O) groups is 1. The fourth-order valence-electron chi connectivity index (χ4n) is 2.30. The van der Waals surface area contributed by atoms with Gasteiger partial charge in [-0.15, -0.1) is 0 Å². The first-order chi connectivity index (χ1) is 11.6. The Kier molecular flexibility index (Phi) is 5.53. The van der Waals surface area contributed by atoms with Crippen LogP contribution in [-0.2, 0) is 11.3 Å². The van der Waals surface area contributed by atoms with Gasteiger partial charge in [-0.25, -0.2) is 4.79 Å². The summed E-state index contributed by atoms with van der Waals surface area (Å²) in [6.07, 6.45) is 0. The summed E-state index contributed by atoms with van der Waals surface area (Å²) in [5, 5.41) is 0.523. The van der Waals surface area contributed by atoms with Crippen molar-refractivity contribution in [1.29, 1.82) is 0 Å². The summed E-state index contributed by atoms with van der Waals surface area (Å²) in [6, 6.07) is 23.3. The number of rotatable bonds is 4. The van der Waals surface area contributed by atoms with Gasteiger partial charge in [-0.05, 0) is 57.5 Å². The zero-order valence-corrected chi connectivity index (χ0v) is 15.6. The third-order valence-corrected chi connectivity index (χ3v) is 4.76. The average Bonchev–Trinajstić information content (AvgIpc) is 2.63. The molecule has 0 radical (unpaired) electrons. The molecule has 4 heteroatoms. The number of ether oxygens (including phenoxy) is 1. The number of halogens is 2. The van der Waals surface area contributed by atoms with Crippen molar-refractivity contribution in [3.05, 3.63) is 92.5 Å². The van der Waals surface area contributed by atoms with Gasteiger partial charge in [0.15, 0.2) is 0 Å². The minimum absolute atomic E-state index is 0.233. The van der Waals surface area contributed by atoms with Crippen LogP contribution in [0.4, 0.5) is 0 Å². The fourth-order valence-corrected chi connectivity index (χ4v) is 3.03. The molecule has 0 saturated carbocycles. The molecule has 0 atom stereocenters. The lowest BCUT2D eigenvalue weighted by Gasteiger charge is -2.08. The van der Waals surface area contributed by atoms with Gasteiger partial charge in [0, 0.05) is 8.59 Å². The van der Waals surface area contributed by atoms with Gasteiger partial charge in [-0.3, -0.25) is 0 Å². The van der Waals surface area contributed by atoms with Crippen LogP contribution < -0.4 is 0 Å². The Morgan fingerprint density at radius 1 is 0.917 bits per heavy atom. The van der Waals surface area contributed by atoms with Crippen molar-refractivity contribution in [3.63, 3.8) is 0 Å². The van der Waals surface area contributed by atoms with E-state index in [1.165, 1.54) is 0 Å². The highest BCUT2D eigenvalue weighted by Gasteiger charge is 2.12. The first-order valence-corrected chi connectivity index (χ1v) is 8.86. The van der Waals surface area contributed by atoms with Crippen LogP contribution in [-0.4, -0.2) is 5.97 Å². The smallest absolute Gasteiger partial charge is 0.339 e. The number of benzene rings is 3. The highest BCUT2D eigenvalue weighted by Crippen LogP contribution is 2.21. The molecule has 0 bridgehead atoms. The predicted octanol–water partition coefficient (Wildman–Crippen LogP) is 5.97. The van der Waals surface area contributed by atoms with Crippen LogP contribution in [0.3, 0.4) is 0 Å². The quantitative estimate of drug-likeness (QED) is 0.363. The van der Waals surface area contributed by atoms with Crippen LogP contribution in [0.15, 0.2) is 72.8 Å². The Labute approximate surface area is 159 Å². The van der Waals surface area contributed by atoms with Crippen molar-refractivity contribution >= 4 is 40.2 Å². The van der Waals surface area contributed by atoms with Crippen molar-refractivity contribution in [2.75, 3.05) is 0 Å². The maximum atomic E-state index is 12.2. The second-order valence-corrected chi connectivity index (χ2v) is 6.86. The van der Waals surface area contributed by atoms with Crippen molar-refractivity contribution in [1.82, 2.24) is 0 Å². The van der Waals surface area contributed by atoms with E-state index in [4.69, 9.17) is 16.3 Å². The van der Waals surface area contributed by atoms with Gasteiger partial charge in [0.05, 0.1) is 5.56 Å². The van der Waals surface area contributed by atoms with Gasteiger partial charge in [-0.1, -0.05) is 66.2 Å². The van der Waals surface area contributed by atoms with Crippen LogP contribution in [0.25, 0.3) is 11.1 Å². The van der Waals surface area contributed by atoms with E-state index in [0.29, 0.717) is 10.6 Å². The second-order valence-electron chi connectivity index (χ2n) is 5.26. The summed E-state index contributed by atoms with van der Waals surface area (Å²) in [6.45, 7) is 0.233. The van der Waals surface area contributed by atoms with E-state index in [-0.39, 0.29) is 12.6 Å². The van der Waals surface area contributed by atoms with Crippen molar-refractivity contribution < 1.29 is 9.53 Å². The minimum Gasteiger partial charge on any atom is -0.457 e. The molecule has 24 heavy (non-hydrogen) atoms. The molecule has 0 aromatic heterocycles. The van der Waals surface area contributed by atoms with Gasteiger partial charge in [0.25, 0.3) is 0 Å². The summed E-state index contributed by atoms with van der Waals surface area (Å²) in [5.41, 5.74) is 3.73. The normalized spacial score (nSPS) is 10.4. The standard InChI is InChI=1S/C20H14ClIO2/c21-17-10-11-19(22)18(12-17)20(23)24-13-14-6-8-16(9-7-14)15-4-2-1-3-5-15/h1-12H,13H2. The van der Waals surface area contributed by atoms with Crippen LogP contribution >= 0.6 is 34.2 Å². The lowest BCUT2D eigenvalue weighted by molar-refractivity contribution is 0.0471. The topological polar surface area (TPSA) is 26.3 Å². The Balaban J connectivity index is 1.66. The summed E-state index contributed by atoms with van der Waals surface area (Å²) in [4.78, 5) is 12.2. The maximum absolute atomic E-state index is 12.2. The van der Waals surface area contributed by atoms with E-state index >= 15 is 0 Å². The second kappa shape index (κ2) is 7.81. The van der Waals surface area contributed by atoms with Crippen LogP contribution in [0.2, 0.25) is 5.02 Å². The molecule has 0 aliphatic heterocycles. The van der Waals surface area contributed by atoms with Crippen molar-refractivity contribution in [2.24, 2.45) is 0 Å². The van der Waals surface area contributed by atoms with E-state index in [1.54, 1.807) is 18.2 Å². The number of hydrogen-bond acceptors (Lipinski definition) is 2. The Hall–Kier alpha value is -1.85. The molecule has 2 nitrogen and oxygen atoms in total. The molecule has 0 amide bonds. The van der Waals surface area contributed by atoms with E-state index in [1.807, 2.05) is 42.5 Å². The van der Waals surface area contributed by atoms with Gasteiger partial charge >= 0.3 is 5.97 Å². The molecule has 0 spiro atoms. The molecule has 0 unspecified atom stereocenters. The highest BCUT2D eigenvalue weighted by atomic mass is 127. The zero-order valence-electron chi connectivity index (χ0n) is 12.7. The Morgan fingerprint density at radius 2 is 1.58 bits per heavy atom. The lowest BCUT2D eigenvalue weighted by Crippen LogP contribution is -2.07. The van der Waals surface area contributed by atoms with E-state index < -0.39 is 0 Å². The Bertz CT molecular complexity index is 845. The van der Waals surface area contributed by atoms with Crippen LogP contribution in [0, 0.1) is 3.57 Å². The predicted molar refractivity (Wildman–Crippen MR) is 105 cm³/mol. The average molecular weight is 449 g/mol. The lowest BCUT2D eigenvalue weighted by atomic mass is 10.0.